The summed E-state index contributed by atoms with van der Waals surface area (Å²) in [6.07, 6.45) is 5.00. The Morgan fingerprint density at radius 2 is 2.00 bits per heavy atom. The Balaban J connectivity index is 1.90. The number of fused-ring (bicyclic) bond motifs is 3. The van der Waals surface area contributed by atoms with Crippen LogP contribution in [0, 0.1) is 18.3 Å². The quantitative estimate of drug-likeness (QED) is 0.690. The second-order valence-electron chi connectivity index (χ2n) is 5.54. The standard InChI is InChI=1S/C17H12ClN5/c1-10-21-22-16-3-2-12-5-13(6-15(18)17(12)23(10)16)14-4-11(7-19)8-20-9-14/h4-6,8-9H,2-3H2,1H3. The SMILES string of the molecule is Cc1nnc2n1-c1c(Cl)cc(-c3cncc(C#N)c3)cc1CC2. The van der Waals surface area contributed by atoms with Crippen LogP contribution in [0.5, 0.6) is 0 Å². The molecule has 4 rings (SSSR count). The molecule has 0 N–H and O–H groups in total. The van der Waals surface area contributed by atoms with Crippen molar-refractivity contribution in [3.05, 3.63) is 58.4 Å². The van der Waals surface area contributed by atoms with Crippen LogP contribution in [-0.4, -0.2) is 19.7 Å². The Bertz CT molecular complexity index is 968. The lowest BCUT2D eigenvalue weighted by Crippen LogP contribution is -2.14. The first-order chi connectivity index (χ1) is 11.2. The fourth-order valence-electron chi connectivity index (χ4n) is 3.03. The molecule has 0 saturated carbocycles. The summed E-state index contributed by atoms with van der Waals surface area (Å²) in [7, 11) is 0. The first-order valence-electron chi connectivity index (χ1n) is 7.26. The predicted octanol–water partition coefficient (Wildman–Crippen LogP) is 3.26. The first-order valence-corrected chi connectivity index (χ1v) is 7.64. The maximum absolute atomic E-state index is 9.04. The van der Waals surface area contributed by atoms with Gasteiger partial charge in [-0.2, -0.15) is 5.26 Å². The highest BCUT2D eigenvalue weighted by Gasteiger charge is 2.23. The van der Waals surface area contributed by atoms with Gasteiger partial charge in [0.2, 0.25) is 0 Å². The van der Waals surface area contributed by atoms with Gasteiger partial charge < -0.3 is 0 Å². The zero-order valence-corrected chi connectivity index (χ0v) is 13.2. The van der Waals surface area contributed by atoms with E-state index < -0.39 is 0 Å². The molecule has 23 heavy (non-hydrogen) atoms. The summed E-state index contributed by atoms with van der Waals surface area (Å²) in [6, 6.07) is 7.96. The molecule has 2 aromatic heterocycles. The van der Waals surface area contributed by atoms with Crippen molar-refractivity contribution >= 4 is 11.6 Å². The molecule has 0 bridgehead atoms. The van der Waals surface area contributed by atoms with Gasteiger partial charge >= 0.3 is 0 Å². The third-order valence-electron chi connectivity index (χ3n) is 4.08. The average molecular weight is 322 g/mol. The number of hydrogen-bond acceptors (Lipinski definition) is 4. The number of halogens is 1. The molecule has 0 spiro atoms. The maximum atomic E-state index is 9.04. The summed E-state index contributed by atoms with van der Waals surface area (Å²) in [5.74, 6) is 1.78. The van der Waals surface area contributed by atoms with Crippen LogP contribution in [-0.2, 0) is 12.8 Å². The van der Waals surface area contributed by atoms with Crippen molar-refractivity contribution in [1.82, 2.24) is 19.7 Å². The molecule has 0 fully saturated rings. The Kier molecular flexibility index (Phi) is 3.14. The van der Waals surface area contributed by atoms with Crippen molar-refractivity contribution in [1.29, 1.82) is 5.26 Å². The molecule has 5 nitrogen and oxygen atoms in total. The second-order valence-corrected chi connectivity index (χ2v) is 5.95. The monoisotopic (exact) mass is 321 g/mol. The molecule has 3 aromatic rings. The molecule has 0 aliphatic carbocycles. The second kappa shape index (κ2) is 5.18. The van der Waals surface area contributed by atoms with Gasteiger partial charge in [-0.25, -0.2) is 0 Å². The topological polar surface area (TPSA) is 67.4 Å². The fourth-order valence-corrected chi connectivity index (χ4v) is 3.35. The summed E-state index contributed by atoms with van der Waals surface area (Å²) in [5.41, 5.74) is 4.51. The van der Waals surface area contributed by atoms with E-state index in [1.54, 1.807) is 12.4 Å². The van der Waals surface area contributed by atoms with Crippen molar-refractivity contribution < 1.29 is 0 Å². The minimum absolute atomic E-state index is 0.535. The van der Waals surface area contributed by atoms with E-state index >= 15 is 0 Å². The molecule has 1 aromatic carbocycles. The zero-order chi connectivity index (χ0) is 16.0. The van der Waals surface area contributed by atoms with Gasteiger partial charge in [0.25, 0.3) is 0 Å². The van der Waals surface area contributed by atoms with E-state index in [1.165, 1.54) is 0 Å². The van der Waals surface area contributed by atoms with Crippen LogP contribution in [0.25, 0.3) is 16.8 Å². The van der Waals surface area contributed by atoms with Crippen LogP contribution in [0.2, 0.25) is 5.02 Å². The zero-order valence-electron chi connectivity index (χ0n) is 12.4. The van der Waals surface area contributed by atoms with Crippen LogP contribution >= 0.6 is 11.6 Å². The number of aryl methyl sites for hydroxylation is 3. The lowest BCUT2D eigenvalue weighted by molar-refractivity contribution is 0.767. The Morgan fingerprint density at radius 3 is 2.83 bits per heavy atom. The molecule has 112 valence electrons. The van der Waals surface area contributed by atoms with E-state index in [9.17, 15) is 0 Å². The number of pyridine rings is 1. The number of rotatable bonds is 1. The molecule has 0 radical (unpaired) electrons. The molecule has 6 heteroatoms. The molecule has 0 amide bonds. The summed E-state index contributed by atoms with van der Waals surface area (Å²) >= 11 is 6.57. The third-order valence-corrected chi connectivity index (χ3v) is 4.36. The van der Waals surface area contributed by atoms with Gasteiger partial charge in [0.1, 0.15) is 17.7 Å². The van der Waals surface area contributed by atoms with E-state index in [4.69, 9.17) is 16.9 Å². The smallest absolute Gasteiger partial charge is 0.137 e. The van der Waals surface area contributed by atoms with Crippen molar-refractivity contribution in [3.8, 4) is 22.9 Å². The molecule has 0 unspecified atom stereocenters. The van der Waals surface area contributed by atoms with Crippen LogP contribution in [0.15, 0.2) is 30.6 Å². The van der Waals surface area contributed by atoms with Crippen molar-refractivity contribution in [2.75, 3.05) is 0 Å². The number of nitrogens with zero attached hydrogens (tertiary/aromatic N) is 5. The lowest BCUT2D eigenvalue weighted by atomic mass is 9.97. The summed E-state index contributed by atoms with van der Waals surface area (Å²) in [5, 5.41) is 18.1. The highest BCUT2D eigenvalue weighted by Crippen LogP contribution is 2.35. The van der Waals surface area contributed by atoms with Crippen LogP contribution in [0.4, 0.5) is 0 Å². The van der Waals surface area contributed by atoms with E-state index in [2.05, 4.69) is 27.3 Å². The predicted molar refractivity (Wildman–Crippen MR) is 86.5 cm³/mol. The van der Waals surface area contributed by atoms with Gasteiger partial charge in [0, 0.05) is 24.4 Å². The fraction of sp³-hybridized carbons (Fsp3) is 0.176. The van der Waals surface area contributed by atoms with Gasteiger partial charge in [0.05, 0.1) is 16.3 Å². The van der Waals surface area contributed by atoms with E-state index in [0.717, 1.165) is 46.9 Å². The number of nitriles is 1. The van der Waals surface area contributed by atoms with Gasteiger partial charge in [-0.3, -0.25) is 9.55 Å². The lowest BCUT2D eigenvalue weighted by Gasteiger charge is -2.21. The highest BCUT2D eigenvalue weighted by atomic mass is 35.5. The summed E-state index contributed by atoms with van der Waals surface area (Å²) in [4.78, 5) is 4.12. The van der Waals surface area contributed by atoms with Gasteiger partial charge in [-0.15, -0.1) is 10.2 Å². The van der Waals surface area contributed by atoms with Gasteiger partial charge in [-0.05, 0) is 42.7 Å². The number of aromatic nitrogens is 4. The summed E-state index contributed by atoms with van der Waals surface area (Å²) < 4.78 is 2.02. The van der Waals surface area contributed by atoms with E-state index in [-0.39, 0.29) is 0 Å². The number of benzene rings is 1. The van der Waals surface area contributed by atoms with E-state index in [1.807, 2.05) is 23.6 Å². The minimum atomic E-state index is 0.535. The Labute approximate surface area is 138 Å². The molecular weight excluding hydrogens is 310 g/mol. The van der Waals surface area contributed by atoms with Crippen molar-refractivity contribution in [2.45, 2.75) is 19.8 Å². The molecule has 0 atom stereocenters. The molecular formula is C17H12ClN5. The van der Waals surface area contributed by atoms with Crippen LogP contribution in [0.3, 0.4) is 0 Å². The Morgan fingerprint density at radius 1 is 1.13 bits per heavy atom. The van der Waals surface area contributed by atoms with Gasteiger partial charge in [0.15, 0.2) is 0 Å². The van der Waals surface area contributed by atoms with Crippen LogP contribution < -0.4 is 0 Å². The molecule has 1 aliphatic heterocycles. The third kappa shape index (κ3) is 2.19. The van der Waals surface area contributed by atoms with E-state index in [0.29, 0.717) is 10.6 Å². The minimum Gasteiger partial charge on any atom is -0.281 e. The number of hydrogen-bond donors (Lipinski definition) is 0. The molecule has 3 heterocycles. The first kappa shape index (κ1) is 13.9. The molecule has 0 saturated heterocycles. The van der Waals surface area contributed by atoms with Crippen molar-refractivity contribution in [2.24, 2.45) is 0 Å². The molecule has 1 aliphatic rings. The largest absolute Gasteiger partial charge is 0.281 e. The van der Waals surface area contributed by atoms with Crippen molar-refractivity contribution in [3.63, 3.8) is 0 Å². The summed E-state index contributed by atoms with van der Waals surface area (Å²) in [6.45, 7) is 1.93. The van der Waals surface area contributed by atoms with Gasteiger partial charge in [-0.1, -0.05) is 11.6 Å². The Hall–Kier alpha value is -2.71. The average Bonchev–Trinajstić information content (AvgIpc) is 2.96. The highest BCUT2D eigenvalue weighted by molar-refractivity contribution is 6.33. The maximum Gasteiger partial charge on any atom is 0.137 e. The van der Waals surface area contributed by atoms with Crippen LogP contribution in [0.1, 0.15) is 22.8 Å². The normalized spacial score (nSPS) is 12.4.